The van der Waals surface area contributed by atoms with Crippen LogP contribution in [0.5, 0.6) is 0 Å². The van der Waals surface area contributed by atoms with Gasteiger partial charge in [0, 0.05) is 50.4 Å². The number of nitrogens with zero attached hydrogens (tertiary/aromatic N) is 5. The number of hydrogen-bond donors (Lipinski definition) is 1. The summed E-state index contributed by atoms with van der Waals surface area (Å²) in [6, 6.07) is 13.8. The van der Waals surface area contributed by atoms with Gasteiger partial charge in [-0.05, 0) is 31.1 Å². The second kappa shape index (κ2) is 15.1. The molecular formula is C32H40IrN5O2-. The van der Waals surface area contributed by atoms with E-state index in [2.05, 4.69) is 76.3 Å². The fourth-order valence-electron chi connectivity index (χ4n) is 4.55. The third-order valence-corrected chi connectivity index (χ3v) is 7.02. The molecular weight excluding hydrogens is 679 g/mol. The van der Waals surface area contributed by atoms with Crippen molar-refractivity contribution in [2.45, 2.75) is 79.6 Å². The Hall–Kier alpha value is -3.09. The summed E-state index contributed by atoms with van der Waals surface area (Å²) in [4.78, 5) is 24.5. The molecule has 0 saturated carbocycles. The fraction of sp³-hybridized carbons (Fsp3) is 0.438. The predicted molar refractivity (Wildman–Crippen MR) is 157 cm³/mol. The van der Waals surface area contributed by atoms with Gasteiger partial charge in [-0.3, -0.25) is 4.79 Å². The molecule has 8 heteroatoms. The molecule has 2 heterocycles. The first-order chi connectivity index (χ1) is 18.6. The second-order valence-corrected chi connectivity index (χ2v) is 10.7. The van der Waals surface area contributed by atoms with Crippen molar-refractivity contribution in [2.24, 2.45) is 11.8 Å². The molecule has 0 aliphatic carbocycles. The minimum atomic E-state index is -0.00641. The number of aliphatic hydroxyl groups excluding tert-OH is 1. The molecule has 0 bridgehead atoms. The summed E-state index contributed by atoms with van der Waals surface area (Å²) < 4.78 is 0. The van der Waals surface area contributed by atoms with Gasteiger partial charge in [0.25, 0.3) is 0 Å². The van der Waals surface area contributed by atoms with Crippen LogP contribution in [0.15, 0.2) is 54.6 Å². The van der Waals surface area contributed by atoms with Crippen LogP contribution >= 0.6 is 0 Å². The van der Waals surface area contributed by atoms with Crippen molar-refractivity contribution in [1.82, 2.24) is 25.1 Å². The van der Waals surface area contributed by atoms with Crippen LogP contribution in [0, 0.1) is 17.9 Å². The van der Waals surface area contributed by atoms with Gasteiger partial charge in [-0.15, -0.1) is 34.2 Å². The number of rotatable bonds is 8. The van der Waals surface area contributed by atoms with Gasteiger partial charge in [-0.1, -0.05) is 77.6 Å². The van der Waals surface area contributed by atoms with Crippen LogP contribution in [0.4, 0.5) is 0 Å². The SMILES string of the molecule is CC(C)(C)c1cc(-c2nnc3nccnc3n2)[c-]c2ccccc12.CCC(CC)C(=O)C=C(O)C(CC)CC.[Ir]. The Labute approximate surface area is 251 Å². The second-order valence-electron chi connectivity index (χ2n) is 10.7. The predicted octanol–water partition coefficient (Wildman–Crippen LogP) is 7.60. The van der Waals surface area contributed by atoms with E-state index >= 15 is 0 Å². The molecule has 2 aromatic carbocycles. The molecule has 1 radical (unpaired) electrons. The van der Waals surface area contributed by atoms with E-state index in [1.54, 1.807) is 12.4 Å². The smallest absolute Gasteiger partial charge is 0.218 e. The number of carbonyl (C=O) groups excluding carboxylic acids is 1. The third kappa shape index (κ3) is 8.21. The summed E-state index contributed by atoms with van der Waals surface area (Å²) in [6.45, 7) is 14.7. The van der Waals surface area contributed by atoms with Crippen molar-refractivity contribution in [1.29, 1.82) is 0 Å². The summed E-state index contributed by atoms with van der Waals surface area (Å²) in [5, 5.41) is 20.3. The van der Waals surface area contributed by atoms with Crippen molar-refractivity contribution < 1.29 is 30.0 Å². The van der Waals surface area contributed by atoms with Crippen molar-refractivity contribution >= 4 is 27.9 Å². The zero-order valence-corrected chi connectivity index (χ0v) is 26.9. The number of benzene rings is 2. The first kappa shape index (κ1) is 33.1. The van der Waals surface area contributed by atoms with E-state index in [0.717, 1.165) is 36.6 Å². The summed E-state index contributed by atoms with van der Waals surface area (Å²) in [7, 11) is 0. The van der Waals surface area contributed by atoms with Crippen molar-refractivity contribution in [2.75, 3.05) is 0 Å². The summed E-state index contributed by atoms with van der Waals surface area (Å²) in [5.41, 5.74) is 2.97. The molecule has 40 heavy (non-hydrogen) atoms. The number of ketones is 1. The molecule has 0 saturated heterocycles. The van der Waals surface area contributed by atoms with Crippen LogP contribution in [0.2, 0.25) is 0 Å². The van der Waals surface area contributed by atoms with Crippen molar-refractivity contribution in [3.05, 3.63) is 66.2 Å². The van der Waals surface area contributed by atoms with E-state index in [4.69, 9.17) is 0 Å². The van der Waals surface area contributed by atoms with Gasteiger partial charge in [0.05, 0.1) is 5.76 Å². The Morgan fingerprint density at radius 3 is 2.12 bits per heavy atom. The van der Waals surface area contributed by atoms with Gasteiger partial charge < -0.3 is 5.11 Å². The molecule has 0 spiro atoms. The van der Waals surface area contributed by atoms with Crippen LogP contribution in [0.1, 0.15) is 79.7 Å². The number of carbonyl (C=O) groups is 1. The minimum absolute atomic E-state index is 0. The minimum Gasteiger partial charge on any atom is -0.512 e. The maximum absolute atomic E-state index is 11.7. The molecule has 4 aromatic rings. The van der Waals surface area contributed by atoms with E-state index in [-0.39, 0.29) is 48.9 Å². The first-order valence-corrected chi connectivity index (χ1v) is 13.8. The van der Waals surface area contributed by atoms with Gasteiger partial charge in [0.1, 0.15) is 5.82 Å². The maximum atomic E-state index is 11.7. The van der Waals surface area contributed by atoms with Crippen molar-refractivity contribution in [3.8, 4) is 11.4 Å². The molecule has 0 atom stereocenters. The molecule has 0 aliphatic heterocycles. The summed E-state index contributed by atoms with van der Waals surface area (Å²) in [5.74, 6) is 1.06. The summed E-state index contributed by atoms with van der Waals surface area (Å²) >= 11 is 0. The van der Waals surface area contributed by atoms with Crippen LogP contribution < -0.4 is 0 Å². The first-order valence-electron chi connectivity index (χ1n) is 13.8. The van der Waals surface area contributed by atoms with Gasteiger partial charge >= 0.3 is 0 Å². The number of aliphatic hydroxyl groups is 1. The zero-order valence-electron chi connectivity index (χ0n) is 24.5. The van der Waals surface area contributed by atoms with Crippen LogP contribution in [-0.2, 0) is 30.3 Å². The Bertz CT molecular complexity index is 1440. The topological polar surface area (TPSA) is 102 Å². The Kier molecular flexibility index (Phi) is 12.5. The maximum Gasteiger partial charge on any atom is 0.218 e. The standard InChI is InChI=1S/C19H16N5.C13H24O2.Ir/c1-19(2,3)15-11-13(10-12-6-4-5-7-14(12)15)16-22-17-18(24-23-16)21-9-8-20-17;1-5-10(6-2)12(14)9-13(15)11(7-3)8-4;/h4-9,11H,1-3H3;9-11,14H,5-8H2,1-4H3;/q-1;;. The fourth-order valence-corrected chi connectivity index (χ4v) is 4.55. The zero-order chi connectivity index (χ0) is 28.6. The van der Waals surface area contributed by atoms with Gasteiger partial charge in [0.2, 0.25) is 5.65 Å². The third-order valence-electron chi connectivity index (χ3n) is 7.02. The van der Waals surface area contributed by atoms with E-state index in [9.17, 15) is 9.90 Å². The van der Waals surface area contributed by atoms with Crippen molar-refractivity contribution in [3.63, 3.8) is 0 Å². The molecule has 0 aliphatic rings. The number of hydrogen-bond acceptors (Lipinski definition) is 7. The van der Waals surface area contributed by atoms with Gasteiger partial charge in [0.15, 0.2) is 11.4 Å². The average Bonchev–Trinajstić information content (AvgIpc) is 2.93. The Balaban J connectivity index is 0.000000307. The van der Waals surface area contributed by atoms with Crippen LogP contribution in [0.3, 0.4) is 0 Å². The van der Waals surface area contributed by atoms with E-state index in [0.29, 0.717) is 17.1 Å². The largest absolute Gasteiger partial charge is 0.512 e. The number of allylic oxidation sites excluding steroid dienone is 2. The van der Waals surface area contributed by atoms with E-state index < -0.39 is 0 Å². The number of aromatic nitrogens is 5. The molecule has 0 unspecified atom stereocenters. The van der Waals surface area contributed by atoms with E-state index in [1.165, 1.54) is 17.0 Å². The molecule has 1 N–H and O–H groups in total. The molecule has 0 fully saturated rings. The quantitative estimate of drug-likeness (QED) is 0.114. The normalized spacial score (nSPS) is 11.9. The molecule has 7 nitrogen and oxygen atoms in total. The van der Waals surface area contributed by atoms with E-state index in [1.807, 2.05) is 33.8 Å². The summed E-state index contributed by atoms with van der Waals surface area (Å²) in [6.07, 6.45) is 8.09. The monoisotopic (exact) mass is 719 g/mol. The number of fused-ring (bicyclic) bond motifs is 2. The molecule has 0 amide bonds. The van der Waals surface area contributed by atoms with Gasteiger partial charge in [-0.2, -0.15) is 5.10 Å². The average molecular weight is 719 g/mol. The van der Waals surface area contributed by atoms with Gasteiger partial charge in [-0.25, -0.2) is 15.0 Å². The molecule has 4 rings (SSSR count). The van der Waals surface area contributed by atoms with Crippen LogP contribution in [0.25, 0.3) is 33.5 Å². The Morgan fingerprint density at radius 2 is 1.52 bits per heavy atom. The van der Waals surface area contributed by atoms with Crippen LogP contribution in [-0.4, -0.2) is 36.0 Å². The molecule has 215 valence electrons. The Morgan fingerprint density at radius 1 is 0.925 bits per heavy atom. The molecule has 2 aromatic heterocycles.